The number of carbonyl (C=O) groups is 2. The molecule has 1 N–H and O–H groups in total. The van der Waals surface area contributed by atoms with E-state index < -0.39 is 18.5 Å². The van der Waals surface area contributed by atoms with Gasteiger partial charge < -0.3 is 9.47 Å². The van der Waals surface area contributed by atoms with E-state index in [-0.39, 0.29) is 5.69 Å². The minimum Gasteiger partial charge on any atom is -0.497 e. The summed E-state index contributed by atoms with van der Waals surface area (Å²) in [7, 11) is 1.60. The fourth-order valence-corrected chi connectivity index (χ4v) is 2.82. The number of rotatable bonds is 6. The topological polar surface area (TPSA) is 103 Å². The normalized spacial score (nSPS) is 10.3. The third-order valence-electron chi connectivity index (χ3n) is 3.46. The molecule has 3 aromatic rings. The van der Waals surface area contributed by atoms with Gasteiger partial charge in [-0.1, -0.05) is 0 Å². The van der Waals surface area contributed by atoms with Crippen LogP contribution >= 0.6 is 11.3 Å². The second-order valence-corrected chi connectivity index (χ2v) is 6.29. The molecule has 0 fully saturated rings. The van der Waals surface area contributed by atoms with E-state index in [0.717, 1.165) is 17.0 Å². The molecule has 0 saturated heterocycles. The molecule has 2 heterocycles. The number of benzene rings is 1. The van der Waals surface area contributed by atoms with E-state index in [2.05, 4.69) is 20.3 Å². The van der Waals surface area contributed by atoms with Crippen molar-refractivity contribution in [3.63, 3.8) is 0 Å². The molecule has 0 aliphatic rings. The van der Waals surface area contributed by atoms with Crippen LogP contribution in [0.25, 0.3) is 11.3 Å². The lowest BCUT2D eigenvalue weighted by Gasteiger charge is -2.04. The lowest BCUT2D eigenvalue weighted by Crippen LogP contribution is -2.21. The summed E-state index contributed by atoms with van der Waals surface area (Å²) in [6, 6.07) is 7.43. The molecule has 0 radical (unpaired) electrons. The van der Waals surface area contributed by atoms with Crippen molar-refractivity contribution in [2.45, 2.75) is 6.92 Å². The van der Waals surface area contributed by atoms with Crippen molar-refractivity contribution in [3.8, 4) is 17.0 Å². The SMILES string of the molecule is COc1ccc(-c2csc(NC(=O)COC(=O)c3cnc(C)cn3)n2)cc1. The van der Waals surface area contributed by atoms with Crippen molar-refractivity contribution in [1.82, 2.24) is 15.0 Å². The number of hydrogen-bond acceptors (Lipinski definition) is 8. The lowest BCUT2D eigenvalue weighted by atomic mass is 10.2. The number of amides is 1. The van der Waals surface area contributed by atoms with E-state index in [4.69, 9.17) is 9.47 Å². The summed E-state index contributed by atoms with van der Waals surface area (Å²) >= 11 is 1.28. The molecule has 0 unspecified atom stereocenters. The molecular weight excluding hydrogens is 368 g/mol. The van der Waals surface area contributed by atoms with Gasteiger partial charge in [0.25, 0.3) is 5.91 Å². The zero-order valence-electron chi connectivity index (χ0n) is 14.6. The van der Waals surface area contributed by atoms with E-state index in [9.17, 15) is 9.59 Å². The van der Waals surface area contributed by atoms with Crippen molar-refractivity contribution in [3.05, 3.63) is 53.4 Å². The molecule has 0 aliphatic heterocycles. The lowest BCUT2D eigenvalue weighted by molar-refractivity contribution is -0.119. The highest BCUT2D eigenvalue weighted by molar-refractivity contribution is 7.14. The number of carbonyl (C=O) groups excluding carboxylic acids is 2. The van der Waals surface area contributed by atoms with Crippen LogP contribution in [-0.2, 0) is 9.53 Å². The Morgan fingerprint density at radius 1 is 1.15 bits per heavy atom. The smallest absolute Gasteiger partial charge is 0.359 e. The molecule has 0 saturated carbocycles. The largest absolute Gasteiger partial charge is 0.497 e. The summed E-state index contributed by atoms with van der Waals surface area (Å²) in [6.07, 6.45) is 2.75. The van der Waals surface area contributed by atoms with Gasteiger partial charge in [0.15, 0.2) is 17.4 Å². The molecule has 0 aliphatic carbocycles. The van der Waals surface area contributed by atoms with Crippen LogP contribution in [0.1, 0.15) is 16.2 Å². The van der Waals surface area contributed by atoms with Gasteiger partial charge in [-0.15, -0.1) is 11.3 Å². The maximum Gasteiger partial charge on any atom is 0.359 e. The van der Waals surface area contributed by atoms with Crippen molar-refractivity contribution in [2.75, 3.05) is 19.0 Å². The summed E-state index contributed by atoms with van der Waals surface area (Å²) in [4.78, 5) is 36.0. The van der Waals surface area contributed by atoms with Gasteiger partial charge >= 0.3 is 5.97 Å². The third-order valence-corrected chi connectivity index (χ3v) is 4.22. The summed E-state index contributed by atoms with van der Waals surface area (Å²) in [5, 5.41) is 4.84. The molecule has 27 heavy (non-hydrogen) atoms. The van der Waals surface area contributed by atoms with Crippen LogP contribution in [0, 0.1) is 6.92 Å². The molecule has 1 amide bonds. The Labute approximate surface area is 159 Å². The number of esters is 1. The van der Waals surface area contributed by atoms with E-state index >= 15 is 0 Å². The molecule has 0 spiro atoms. The van der Waals surface area contributed by atoms with Gasteiger partial charge in [0, 0.05) is 17.1 Å². The van der Waals surface area contributed by atoms with E-state index in [1.807, 2.05) is 29.6 Å². The maximum atomic E-state index is 12.0. The number of thiazole rings is 1. The number of nitrogens with one attached hydrogen (secondary N) is 1. The molecule has 9 heteroatoms. The van der Waals surface area contributed by atoms with Crippen molar-refractivity contribution < 1.29 is 19.1 Å². The van der Waals surface area contributed by atoms with Gasteiger partial charge in [-0.05, 0) is 31.2 Å². The summed E-state index contributed by atoms with van der Waals surface area (Å²) < 4.78 is 10.1. The fraction of sp³-hybridized carbons (Fsp3) is 0.167. The van der Waals surface area contributed by atoms with Crippen LogP contribution in [0.5, 0.6) is 5.75 Å². The molecule has 1 aromatic carbocycles. The predicted molar refractivity (Wildman–Crippen MR) is 99.8 cm³/mol. The zero-order valence-corrected chi connectivity index (χ0v) is 15.4. The fourth-order valence-electron chi connectivity index (χ4n) is 2.08. The van der Waals surface area contributed by atoms with Crippen LogP contribution in [-0.4, -0.2) is 40.5 Å². The molecule has 0 bridgehead atoms. The van der Waals surface area contributed by atoms with Gasteiger partial charge in [-0.25, -0.2) is 14.8 Å². The summed E-state index contributed by atoms with van der Waals surface area (Å²) in [5.41, 5.74) is 2.35. The predicted octanol–water partition coefficient (Wildman–Crippen LogP) is 2.71. The highest BCUT2D eigenvalue weighted by atomic mass is 32.1. The first kappa shape index (κ1) is 18.5. The molecule has 2 aromatic heterocycles. The van der Waals surface area contributed by atoms with E-state index in [1.165, 1.54) is 23.7 Å². The average Bonchev–Trinajstić information content (AvgIpc) is 3.15. The Morgan fingerprint density at radius 2 is 1.93 bits per heavy atom. The van der Waals surface area contributed by atoms with Gasteiger partial charge in [-0.3, -0.25) is 15.1 Å². The van der Waals surface area contributed by atoms with Crippen molar-refractivity contribution >= 4 is 28.3 Å². The van der Waals surface area contributed by atoms with Crippen LogP contribution in [0.15, 0.2) is 42.0 Å². The van der Waals surface area contributed by atoms with Gasteiger partial charge in [-0.2, -0.15) is 0 Å². The van der Waals surface area contributed by atoms with Crippen LogP contribution < -0.4 is 10.1 Å². The number of ether oxygens (including phenoxy) is 2. The standard InChI is InChI=1S/C18H16N4O4S/c1-11-7-20-14(8-19-11)17(24)26-9-16(23)22-18-21-15(10-27-18)12-3-5-13(25-2)6-4-12/h3-8,10H,9H2,1-2H3,(H,21,22,23). The molecule has 138 valence electrons. The maximum absolute atomic E-state index is 12.0. The highest BCUT2D eigenvalue weighted by Gasteiger charge is 2.13. The minimum atomic E-state index is -0.712. The average molecular weight is 384 g/mol. The minimum absolute atomic E-state index is 0.0458. The van der Waals surface area contributed by atoms with Crippen molar-refractivity contribution in [2.24, 2.45) is 0 Å². The first-order valence-electron chi connectivity index (χ1n) is 7.91. The number of methoxy groups -OCH3 is 1. The first-order valence-corrected chi connectivity index (χ1v) is 8.78. The van der Waals surface area contributed by atoms with E-state index in [0.29, 0.717) is 10.8 Å². The summed E-state index contributed by atoms with van der Waals surface area (Å²) in [5.74, 6) is -0.447. The van der Waals surface area contributed by atoms with Crippen molar-refractivity contribution in [1.29, 1.82) is 0 Å². The monoisotopic (exact) mass is 384 g/mol. The number of anilines is 1. The van der Waals surface area contributed by atoms with Gasteiger partial charge in [0.1, 0.15) is 5.75 Å². The van der Waals surface area contributed by atoms with Crippen LogP contribution in [0.4, 0.5) is 5.13 Å². The Kier molecular flexibility index (Phi) is 5.72. The number of aromatic nitrogens is 3. The van der Waals surface area contributed by atoms with Crippen LogP contribution in [0.3, 0.4) is 0 Å². The van der Waals surface area contributed by atoms with Gasteiger partial charge in [0.2, 0.25) is 0 Å². The van der Waals surface area contributed by atoms with E-state index in [1.54, 1.807) is 14.0 Å². The second-order valence-electron chi connectivity index (χ2n) is 5.43. The quantitative estimate of drug-likeness (QED) is 0.652. The van der Waals surface area contributed by atoms with Crippen LogP contribution in [0.2, 0.25) is 0 Å². The van der Waals surface area contributed by atoms with Gasteiger partial charge in [0.05, 0.1) is 24.7 Å². The molecule has 8 nitrogen and oxygen atoms in total. The zero-order chi connectivity index (χ0) is 19.2. The number of hydrogen-bond donors (Lipinski definition) is 1. The Bertz CT molecular complexity index is 939. The second kappa shape index (κ2) is 8.37. The Morgan fingerprint density at radius 3 is 2.59 bits per heavy atom. The molecule has 3 rings (SSSR count). The first-order chi connectivity index (χ1) is 13.0. The summed E-state index contributed by atoms with van der Waals surface area (Å²) in [6.45, 7) is 1.32. The highest BCUT2D eigenvalue weighted by Crippen LogP contribution is 2.26. The Balaban J connectivity index is 1.54. The Hall–Kier alpha value is -3.33. The molecule has 0 atom stereocenters. The third kappa shape index (κ3) is 4.85. The number of nitrogens with zero attached hydrogens (tertiary/aromatic N) is 3. The molecular formula is C18H16N4O4S. The number of aryl methyl sites for hydroxylation is 1.